The van der Waals surface area contributed by atoms with E-state index in [0.29, 0.717) is 39.1 Å². The molecular weight excluding hydrogens is 254 g/mol. The third kappa shape index (κ3) is 5.32. The van der Waals surface area contributed by atoms with Gasteiger partial charge in [0.2, 0.25) is 5.91 Å². The van der Waals surface area contributed by atoms with Gasteiger partial charge in [-0.3, -0.25) is 9.69 Å². The van der Waals surface area contributed by atoms with Crippen LogP contribution in [0.1, 0.15) is 12.8 Å². The van der Waals surface area contributed by atoms with E-state index in [1.807, 2.05) is 4.90 Å². The molecule has 1 saturated heterocycles. The molecule has 0 aromatic rings. The van der Waals surface area contributed by atoms with Crippen LogP contribution in [0.15, 0.2) is 0 Å². The van der Waals surface area contributed by atoms with Crippen molar-refractivity contribution < 1.29 is 13.2 Å². The number of hydrogen-bond donors (Lipinski definition) is 1. The summed E-state index contributed by atoms with van der Waals surface area (Å²) >= 11 is 0. The van der Waals surface area contributed by atoms with Gasteiger partial charge in [-0.15, -0.1) is 0 Å². The van der Waals surface area contributed by atoms with E-state index in [-0.39, 0.29) is 17.4 Å². The molecular formula is C11H23N3O3S. The highest BCUT2D eigenvalue weighted by Gasteiger charge is 2.21. The molecule has 0 unspecified atom stereocenters. The van der Waals surface area contributed by atoms with E-state index in [4.69, 9.17) is 5.73 Å². The lowest BCUT2D eigenvalue weighted by atomic mass is 10.3. The second-order valence-corrected chi connectivity index (χ2v) is 7.04. The molecule has 0 bridgehead atoms. The van der Waals surface area contributed by atoms with Crippen LogP contribution >= 0.6 is 0 Å². The predicted octanol–water partition coefficient (Wildman–Crippen LogP) is -1.09. The molecule has 7 heteroatoms. The van der Waals surface area contributed by atoms with Crippen LogP contribution in [-0.4, -0.2) is 75.4 Å². The van der Waals surface area contributed by atoms with E-state index in [1.54, 1.807) is 11.9 Å². The second-order valence-electron chi connectivity index (χ2n) is 4.74. The molecule has 2 N–H and O–H groups in total. The Morgan fingerprint density at radius 3 is 2.72 bits per heavy atom. The van der Waals surface area contributed by atoms with E-state index in [9.17, 15) is 13.2 Å². The number of carbonyl (C=O) groups is 1. The molecule has 1 aliphatic heterocycles. The molecule has 0 aromatic heterocycles. The fourth-order valence-electron chi connectivity index (χ4n) is 1.91. The summed E-state index contributed by atoms with van der Waals surface area (Å²) in [7, 11) is -1.15. The minimum Gasteiger partial charge on any atom is -0.345 e. The maximum atomic E-state index is 11.9. The number of sulfone groups is 1. The van der Waals surface area contributed by atoms with Crippen molar-refractivity contribution in [3.63, 3.8) is 0 Å². The fourth-order valence-corrected chi connectivity index (χ4v) is 3.22. The van der Waals surface area contributed by atoms with E-state index in [1.165, 1.54) is 0 Å². The molecule has 0 saturated carbocycles. The summed E-state index contributed by atoms with van der Waals surface area (Å²) < 4.78 is 22.9. The average Bonchev–Trinajstić information content (AvgIpc) is 2.48. The molecule has 1 heterocycles. The molecule has 0 aliphatic carbocycles. The van der Waals surface area contributed by atoms with Gasteiger partial charge in [-0.25, -0.2) is 8.42 Å². The Hall–Kier alpha value is -0.660. The van der Waals surface area contributed by atoms with Crippen molar-refractivity contribution in [3.8, 4) is 0 Å². The van der Waals surface area contributed by atoms with Crippen LogP contribution in [0.2, 0.25) is 0 Å². The number of nitrogens with two attached hydrogens (primary N) is 1. The normalized spacial score (nSPS) is 20.3. The summed E-state index contributed by atoms with van der Waals surface area (Å²) in [6.07, 6.45) is 1.40. The smallest absolute Gasteiger partial charge is 0.236 e. The van der Waals surface area contributed by atoms with Crippen LogP contribution in [0.5, 0.6) is 0 Å². The summed E-state index contributed by atoms with van der Waals surface area (Å²) in [6, 6.07) is 0. The zero-order chi connectivity index (χ0) is 13.6. The SMILES string of the molecule is CN(CCCN)C(=O)CN1CCCS(=O)(=O)CC1. The largest absolute Gasteiger partial charge is 0.345 e. The minimum absolute atomic E-state index is 0.0303. The Labute approximate surface area is 109 Å². The fraction of sp³-hybridized carbons (Fsp3) is 0.909. The lowest BCUT2D eigenvalue weighted by Crippen LogP contribution is -2.40. The Morgan fingerprint density at radius 2 is 2.06 bits per heavy atom. The van der Waals surface area contributed by atoms with Crippen LogP contribution in [0.3, 0.4) is 0 Å². The highest BCUT2D eigenvalue weighted by Crippen LogP contribution is 2.05. The number of hydrogen-bond acceptors (Lipinski definition) is 5. The van der Waals surface area contributed by atoms with Crippen LogP contribution in [0.25, 0.3) is 0 Å². The number of likely N-dealkylation sites (N-methyl/N-ethyl adjacent to an activating group) is 1. The first-order valence-electron chi connectivity index (χ1n) is 6.31. The van der Waals surface area contributed by atoms with Gasteiger partial charge in [0.1, 0.15) is 0 Å². The number of rotatable bonds is 5. The molecule has 1 aliphatic rings. The number of nitrogens with zero attached hydrogens (tertiary/aromatic N) is 2. The van der Waals surface area contributed by atoms with Gasteiger partial charge in [0.25, 0.3) is 0 Å². The third-order valence-electron chi connectivity index (χ3n) is 3.13. The van der Waals surface area contributed by atoms with Crippen LogP contribution < -0.4 is 5.73 Å². The molecule has 0 atom stereocenters. The van der Waals surface area contributed by atoms with Crippen molar-refractivity contribution in [3.05, 3.63) is 0 Å². The van der Waals surface area contributed by atoms with Gasteiger partial charge in [-0.2, -0.15) is 0 Å². The van der Waals surface area contributed by atoms with E-state index >= 15 is 0 Å². The minimum atomic E-state index is -2.91. The summed E-state index contributed by atoms with van der Waals surface area (Å²) in [5, 5.41) is 0. The van der Waals surface area contributed by atoms with Crippen molar-refractivity contribution >= 4 is 15.7 Å². The molecule has 0 aromatic carbocycles. The van der Waals surface area contributed by atoms with Crippen LogP contribution in [-0.2, 0) is 14.6 Å². The third-order valence-corrected chi connectivity index (χ3v) is 4.85. The van der Waals surface area contributed by atoms with Gasteiger partial charge in [0.05, 0.1) is 18.1 Å². The summed E-state index contributed by atoms with van der Waals surface area (Å²) in [6.45, 7) is 2.66. The maximum Gasteiger partial charge on any atom is 0.236 e. The lowest BCUT2D eigenvalue weighted by molar-refractivity contribution is -0.131. The van der Waals surface area contributed by atoms with Crippen LogP contribution in [0, 0.1) is 0 Å². The highest BCUT2D eigenvalue weighted by molar-refractivity contribution is 7.91. The summed E-state index contributed by atoms with van der Waals surface area (Å²) in [5.41, 5.74) is 5.40. The first-order chi connectivity index (χ1) is 8.44. The van der Waals surface area contributed by atoms with Gasteiger partial charge in [-0.1, -0.05) is 0 Å². The Morgan fingerprint density at radius 1 is 1.33 bits per heavy atom. The number of carbonyl (C=O) groups excluding carboxylic acids is 1. The molecule has 0 spiro atoms. The van der Waals surface area contributed by atoms with Gasteiger partial charge in [-0.05, 0) is 25.9 Å². The van der Waals surface area contributed by atoms with E-state index in [0.717, 1.165) is 6.42 Å². The maximum absolute atomic E-state index is 11.9. The Bertz CT molecular complexity index is 370. The Kier molecular flexibility index (Phi) is 6.04. The summed E-state index contributed by atoms with van der Waals surface area (Å²) in [4.78, 5) is 15.5. The molecule has 106 valence electrons. The van der Waals surface area contributed by atoms with Crippen molar-refractivity contribution in [2.24, 2.45) is 5.73 Å². The zero-order valence-electron chi connectivity index (χ0n) is 11.0. The first kappa shape index (κ1) is 15.4. The summed E-state index contributed by atoms with van der Waals surface area (Å²) in [5.74, 6) is 0.427. The predicted molar refractivity (Wildman–Crippen MR) is 71.0 cm³/mol. The van der Waals surface area contributed by atoms with Crippen molar-refractivity contribution in [2.75, 3.05) is 51.3 Å². The second kappa shape index (κ2) is 7.06. The van der Waals surface area contributed by atoms with Crippen molar-refractivity contribution in [1.29, 1.82) is 0 Å². The number of amides is 1. The van der Waals surface area contributed by atoms with E-state index in [2.05, 4.69) is 0 Å². The lowest BCUT2D eigenvalue weighted by Gasteiger charge is -2.23. The molecule has 18 heavy (non-hydrogen) atoms. The topological polar surface area (TPSA) is 83.7 Å². The van der Waals surface area contributed by atoms with Gasteiger partial charge < -0.3 is 10.6 Å². The average molecular weight is 277 g/mol. The van der Waals surface area contributed by atoms with Crippen molar-refractivity contribution in [1.82, 2.24) is 9.80 Å². The monoisotopic (exact) mass is 277 g/mol. The zero-order valence-corrected chi connectivity index (χ0v) is 11.8. The van der Waals surface area contributed by atoms with Crippen molar-refractivity contribution in [2.45, 2.75) is 12.8 Å². The Balaban J connectivity index is 2.40. The van der Waals surface area contributed by atoms with Gasteiger partial charge >= 0.3 is 0 Å². The first-order valence-corrected chi connectivity index (χ1v) is 8.13. The molecule has 1 fully saturated rings. The molecule has 1 rings (SSSR count). The van der Waals surface area contributed by atoms with Gasteiger partial charge in [0.15, 0.2) is 9.84 Å². The molecule has 6 nitrogen and oxygen atoms in total. The standard InChI is InChI=1S/C11H23N3O3S/c1-13(5-2-4-12)11(15)10-14-6-3-8-18(16,17)9-7-14/h2-10,12H2,1H3. The van der Waals surface area contributed by atoms with E-state index < -0.39 is 9.84 Å². The molecule has 0 radical (unpaired) electrons. The molecule has 1 amide bonds. The highest BCUT2D eigenvalue weighted by atomic mass is 32.2. The van der Waals surface area contributed by atoms with Crippen LogP contribution in [0.4, 0.5) is 0 Å². The van der Waals surface area contributed by atoms with Gasteiger partial charge in [0, 0.05) is 20.1 Å². The quantitative estimate of drug-likeness (QED) is 0.690.